The average Bonchev–Trinajstić information content (AvgIpc) is 2.18. The SMILES string of the molecule is O/N=C\c1[nH]ncc1Br. The normalized spacial score (nSPS) is 10.8. The topological polar surface area (TPSA) is 61.3 Å². The summed E-state index contributed by atoms with van der Waals surface area (Å²) >= 11 is 3.17. The average molecular weight is 190 g/mol. The van der Waals surface area contributed by atoms with Crippen molar-refractivity contribution in [2.24, 2.45) is 5.16 Å². The monoisotopic (exact) mass is 189 g/mol. The van der Waals surface area contributed by atoms with Crippen LogP contribution in [0.3, 0.4) is 0 Å². The number of oxime groups is 1. The number of aromatic amines is 1. The molecule has 0 aliphatic carbocycles. The van der Waals surface area contributed by atoms with Gasteiger partial charge in [-0.15, -0.1) is 0 Å². The van der Waals surface area contributed by atoms with Gasteiger partial charge in [-0.3, -0.25) is 5.10 Å². The van der Waals surface area contributed by atoms with Gasteiger partial charge in [-0.1, -0.05) is 5.16 Å². The highest BCUT2D eigenvalue weighted by molar-refractivity contribution is 9.10. The summed E-state index contributed by atoms with van der Waals surface area (Å²) in [6.07, 6.45) is 2.84. The Morgan fingerprint density at radius 1 is 1.89 bits per heavy atom. The van der Waals surface area contributed by atoms with E-state index in [4.69, 9.17) is 5.21 Å². The molecule has 1 heterocycles. The standard InChI is InChI=1S/C4H4BrN3O/c5-3-1-6-8-4(3)2-7-9/h1-2,9H,(H,6,8)/b7-2-. The van der Waals surface area contributed by atoms with Crippen LogP contribution in [0.25, 0.3) is 0 Å². The van der Waals surface area contributed by atoms with Crippen molar-refractivity contribution in [1.29, 1.82) is 0 Å². The lowest BCUT2D eigenvalue weighted by atomic mass is 10.5. The molecule has 48 valence electrons. The van der Waals surface area contributed by atoms with Crippen molar-refractivity contribution in [1.82, 2.24) is 10.2 Å². The summed E-state index contributed by atoms with van der Waals surface area (Å²) in [5.41, 5.74) is 0.650. The third-order valence-corrected chi connectivity index (χ3v) is 1.44. The number of nitrogens with one attached hydrogen (secondary N) is 1. The Labute approximate surface area is 59.7 Å². The Kier molecular flexibility index (Phi) is 1.84. The van der Waals surface area contributed by atoms with Crippen LogP contribution < -0.4 is 0 Å². The summed E-state index contributed by atoms with van der Waals surface area (Å²) in [6.45, 7) is 0. The van der Waals surface area contributed by atoms with E-state index in [2.05, 4.69) is 31.3 Å². The molecule has 0 spiro atoms. The van der Waals surface area contributed by atoms with Gasteiger partial charge in [0.1, 0.15) is 0 Å². The van der Waals surface area contributed by atoms with Crippen LogP contribution in [0, 0.1) is 0 Å². The Morgan fingerprint density at radius 3 is 3.11 bits per heavy atom. The highest BCUT2D eigenvalue weighted by Crippen LogP contribution is 2.09. The largest absolute Gasteiger partial charge is 0.411 e. The Morgan fingerprint density at radius 2 is 2.67 bits per heavy atom. The Balaban J connectivity index is 2.94. The number of rotatable bonds is 1. The molecule has 0 atom stereocenters. The highest BCUT2D eigenvalue weighted by Gasteiger charge is 1.95. The molecule has 0 saturated heterocycles. The minimum absolute atomic E-state index is 0.650. The van der Waals surface area contributed by atoms with Crippen LogP contribution in [-0.2, 0) is 0 Å². The first kappa shape index (κ1) is 6.28. The molecule has 1 aromatic rings. The van der Waals surface area contributed by atoms with Crippen LogP contribution in [0.4, 0.5) is 0 Å². The Bertz CT molecular complexity index is 219. The second-order valence-corrected chi connectivity index (χ2v) is 2.23. The smallest absolute Gasteiger partial charge is 0.0936 e. The first-order chi connectivity index (χ1) is 4.34. The predicted molar refractivity (Wildman–Crippen MR) is 35.7 cm³/mol. The van der Waals surface area contributed by atoms with E-state index in [0.717, 1.165) is 4.47 Å². The molecular weight excluding hydrogens is 186 g/mol. The van der Waals surface area contributed by atoms with Crippen molar-refractivity contribution in [3.8, 4) is 0 Å². The molecule has 0 aliphatic rings. The molecule has 0 saturated carbocycles. The molecule has 0 aromatic carbocycles. The van der Waals surface area contributed by atoms with Crippen LogP contribution >= 0.6 is 15.9 Å². The first-order valence-corrected chi connectivity index (χ1v) is 3.00. The quantitative estimate of drug-likeness (QED) is 0.394. The second-order valence-electron chi connectivity index (χ2n) is 1.38. The number of hydrogen-bond acceptors (Lipinski definition) is 3. The summed E-state index contributed by atoms with van der Waals surface area (Å²) in [6, 6.07) is 0. The van der Waals surface area contributed by atoms with Gasteiger partial charge >= 0.3 is 0 Å². The zero-order valence-corrected chi connectivity index (χ0v) is 5.96. The third-order valence-electron chi connectivity index (χ3n) is 0.807. The van der Waals surface area contributed by atoms with Gasteiger partial charge < -0.3 is 5.21 Å². The third kappa shape index (κ3) is 1.29. The van der Waals surface area contributed by atoms with E-state index in [1.165, 1.54) is 6.21 Å². The molecule has 1 aromatic heterocycles. The lowest BCUT2D eigenvalue weighted by Gasteiger charge is -1.80. The van der Waals surface area contributed by atoms with Gasteiger partial charge in [0, 0.05) is 0 Å². The number of hydrogen-bond donors (Lipinski definition) is 2. The van der Waals surface area contributed by atoms with Crippen LogP contribution in [-0.4, -0.2) is 21.6 Å². The zero-order valence-electron chi connectivity index (χ0n) is 4.37. The maximum Gasteiger partial charge on any atom is 0.0936 e. The molecular formula is C4H4BrN3O. The van der Waals surface area contributed by atoms with Gasteiger partial charge in [-0.25, -0.2) is 0 Å². The van der Waals surface area contributed by atoms with Gasteiger partial charge in [0.2, 0.25) is 0 Å². The van der Waals surface area contributed by atoms with E-state index in [9.17, 15) is 0 Å². The fourth-order valence-electron chi connectivity index (χ4n) is 0.430. The number of H-pyrrole nitrogens is 1. The Hall–Kier alpha value is -0.840. The van der Waals surface area contributed by atoms with Gasteiger partial charge in [0.15, 0.2) is 0 Å². The maximum atomic E-state index is 8.06. The van der Waals surface area contributed by atoms with E-state index in [1.807, 2.05) is 0 Å². The van der Waals surface area contributed by atoms with E-state index < -0.39 is 0 Å². The fraction of sp³-hybridized carbons (Fsp3) is 0. The number of halogens is 1. The van der Waals surface area contributed by atoms with E-state index in [-0.39, 0.29) is 0 Å². The fourth-order valence-corrected chi connectivity index (χ4v) is 0.723. The van der Waals surface area contributed by atoms with E-state index >= 15 is 0 Å². The molecule has 9 heavy (non-hydrogen) atoms. The van der Waals surface area contributed by atoms with Crippen molar-refractivity contribution in [3.63, 3.8) is 0 Å². The molecule has 0 fully saturated rings. The first-order valence-electron chi connectivity index (χ1n) is 2.21. The molecule has 1 rings (SSSR count). The predicted octanol–water partition coefficient (Wildman–Crippen LogP) is 0.980. The van der Waals surface area contributed by atoms with Crippen LogP contribution in [0.1, 0.15) is 5.69 Å². The molecule has 0 aliphatic heterocycles. The summed E-state index contributed by atoms with van der Waals surface area (Å²) < 4.78 is 0.778. The van der Waals surface area contributed by atoms with Gasteiger partial charge in [0.25, 0.3) is 0 Å². The molecule has 5 heteroatoms. The van der Waals surface area contributed by atoms with Crippen molar-refractivity contribution >= 4 is 22.1 Å². The van der Waals surface area contributed by atoms with Crippen molar-refractivity contribution in [2.75, 3.05) is 0 Å². The molecule has 0 amide bonds. The highest BCUT2D eigenvalue weighted by atomic mass is 79.9. The molecule has 0 radical (unpaired) electrons. The number of aromatic nitrogens is 2. The molecule has 2 N–H and O–H groups in total. The summed E-state index contributed by atoms with van der Waals surface area (Å²) in [5.74, 6) is 0. The van der Waals surface area contributed by atoms with Gasteiger partial charge in [-0.05, 0) is 15.9 Å². The van der Waals surface area contributed by atoms with E-state index in [1.54, 1.807) is 6.20 Å². The van der Waals surface area contributed by atoms with Crippen LogP contribution in [0.5, 0.6) is 0 Å². The van der Waals surface area contributed by atoms with Crippen LogP contribution in [0.2, 0.25) is 0 Å². The summed E-state index contributed by atoms with van der Waals surface area (Å²) in [4.78, 5) is 0. The lowest BCUT2D eigenvalue weighted by molar-refractivity contribution is 0.321. The minimum Gasteiger partial charge on any atom is -0.411 e. The minimum atomic E-state index is 0.650. The molecule has 4 nitrogen and oxygen atoms in total. The summed E-state index contributed by atoms with van der Waals surface area (Å²) in [5, 5.41) is 17.1. The van der Waals surface area contributed by atoms with Gasteiger partial charge in [0.05, 0.1) is 22.6 Å². The number of nitrogens with zero attached hydrogens (tertiary/aromatic N) is 2. The van der Waals surface area contributed by atoms with Crippen molar-refractivity contribution in [3.05, 3.63) is 16.4 Å². The zero-order chi connectivity index (χ0) is 6.69. The molecule has 0 bridgehead atoms. The lowest BCUT2D eigenvalue weighted by Crippen LogP contribution is -1.80. The van der Waals surface area contributed by atoms with E-state index in [0.29, 0.717) is 5.69 Å². The maximum absolute atomic E-state index is 8.06. The van der Waals surface area contributed by atoms with Gasteiger partial charge in [-0.2, -0.15) is 5.10 Å². The second kappa shape index (κ2) is 2.63. The summed E-state index contributed by atoms with van der Waals surface area (Å²) in [7, 11) is 0. The van der Waals surface area contributed by atoms with Crippen molar-refractivity contribution in [2.45, 2.75) is 0 Å². The molecule has 0 unspecified atom stereocenters. The van der Waals surface area contributed by atoms with Crippen LogP contribution in [0.15, 0.2) is 15.8 Å². The van der Waals surface area contributed by atoms with Crippen molar-refractivity contribution < 1.29 is 5.21 Å².